The van der Waals surface area contributed by atoms with Crippen molar-refractivity contribution >= 4 is 35.6 Å². The zero-order valence-corrected chi connectivity index (χ0v) is 30.8. The minimum atomic E-state index is -0.720. The molecule has 0 saturated carbocycles. The monoisotopic (exact) mass is 693 g/mol. The average molecular weight is 694 g/mol. The van der Waals surface area contributed by atoms with E-state index in [1.165, 1.54) is 0 Å². The van der Waals surface area contributed by atoms with E-state index >= 15 is 0 Å². The van der Waals surface area contributed by atoms with Gasteiger partial charge in [0.2, 0.25) is 0 Å². The van der Waals surface area contributed by atoms with Crippen LogP contribution in [0, 0.1) is 0 Å². The van der Waals surface area contributed by atoms with Crippen LogP contribution in [-0.4, -0.2) is 44.8 Å². The van der Waals surface area contributed by atoms with E-state index in [4.69, 9.17) is 19.0 Å². The van der Waals surface area contributed by atoms with E-state index in [1.54, 1.807) is 11.9 Å². The molecule has 8 heteroatoms. The highest BCUT2D eigenvalue weighted by atomic mass is 32.2. The standard InChI is InChI=1S/C43H44BN3O3S/c1-6-36-29-46(51-39-25-17-16-24-38(39)48-36)28-31-26-35(44-49-41(2,3)42(4,5)50-44)27-37-40(31)45-30-47(37)43(32-18-10-7-11-19-32,33-20-12-8-13-21-33)34-22-14-9-15-23-34/h7-27,30,36H,6,28-29H2,1-5H3/t36-/m1/s1. The fourth-order valence-corrected chi connectivity index (χ4v) is 8.48. The van der Waals surface area contributed by atoms with Gasteiger partial charge in [0.1, 0.15) is 17.4 Å². The molecule has 0 amide bonds. The molecule has 1 saturated heterocycles. The van der Waals surface area contributed by atoms with Gasteiger partial charge < -0.3 is 18.6 Å². The van der Waals surface area contributed by atoms with Gasteiger partial charge >= 0.3 is 7.12 Å². The normalized spacial score (nSPS) is 18.7. The van der Waals surface area contributed by atoms with Gasteiger partial charge in [-0.15, -0.1) is 0 Å². The lowest BCUT2D eigenvalue weighted by Crippen LogP contribution is -2.41. The van der Waals surface area contributed by atoms with Gasteiger partial charge in [0.05, 0.1) is 33.5 Å². The average Bonchev–Trinajstić information content (AvgIpc) is 3.60. The number of hydrogen-bond donors (Lipinski definition) is 0. The lowest BCUT2D eigenvalue weighted by Gasteiger charge is -2.38. The molecule has 51 heavy (non-hydrogen) atoms. The summed E-state index contributed by atoms with van der Waals surface area (Å²) in [6.45, 7) is 12.1. The topological polar surface area (TPSA) is 48.8 Å². The molecular formula is C43H44BN3O3S. The Morgan fingerprint density at radius 2 is 1.31 bits per heavy atom. The molecule has 0 radical (unpaired) electrons. The molecule has 258 valence electrons. The molecule has 1 atom stereocenters. The lowest BCUT2D eigenvalue weighted by atomic mass is 9.75. The second-order valence-electron chi connectivity index (χ2n) is 14.6. The summed E-state index contributed by atoms with van der Waals surface area (Å²) in [6.07, 6.45) is 3.01. The first-order chi connectivity index (χ1) is 24.7. The van der Waals surface area contributed by atoms with Crippen molar-refractivity contribution in [2.45, 2.75) is 75.3 Å². The van der Waals surface area contributed by atoms with Crippen LogP contribution in [0.4, 0.5) is 0 Å². The molecule has 6 aromatic rings. The molecule has 0 spiro atoms. The van der Waals surface area contributed by atoms with Crippen molar-refractivity contribution < 1.29 is 14.0 Å². The Hall–Kier alpha value is -4.34. The molecule has 0 aliphatic carbocycles. The van der Waals surface area contributed by atoms with Gasteiger partial charge in [0.15, 0.2) is 0 Å². The van der Waals surface area contributed by atoms with E-state index in [9.17, 15) is 0 Å². The molecule has 0 bridgehead atoms. The predicted octanol–water partition coefficient (Wildman–Crippen LogP) is 8.86. The Balaban J connectivity index is 1.36. The fourth-order valence-electron chi connectivity index (χ4n) is 7.41. The summed E-state index contributed by atoms with van der Waals surface area (Å²) in [5, 5.41) is 0. The van der Waals surface area contributed by atoms with Crippen LogP contribution >= 0.6 is 11.9 Å². The van der Waals surface area contributed by atoms with E-state index in [0.717, 1.165) is 62.4 Å². The number of nitrogens with zero attached hydrogens (tertiary/aromatic N) is 3. The van der Waals surface area contributed by atoms with Gasteiger partial charge in [-0.05, 0) is 92.0 Å². The van der Waals surface area contributed by atoms with E-state index in [-0.39, 0.29) is 6.10 Å². The van der Waals surface area contributed by atoms with Crippen LogP contribution in [0.15, 0.2) is 139 Å². The molecule has 2 aliphatic heterocycles. The highest BCUT2D eigenvalue weighted by Crippen LogP contribution is 2.44. The first-order valence-corrected chi connectivity index (χ1v) is 18.7. The van der Waals surface area contributed by atoms with Crippen LogP contribution in [0.25, 0.3) is 11.0 Å². The van der Waals surface area contributed by atoms with E-state index < -0.39 is 23.9 Å². The van der Waals surface area contributed by atoms with Gasteiger partial charge in [0.25, 0.3) is 0 Å². The second kappa shape index (κ2) is 13.3. The zero-order chi connectivity index (χ0) is 35.2. The maximum absolute atomic E-state index is 6.71. The van der Waals surface area contributed by atoms with Crippen LogP contribution in [-0.2, 0) is 21.4 Å². The predicted molar refractivity (Wildman–Crippen MR) is 207 cm³/mol. The highest BCUT2D eigenvalue weighted by molar-refractivity contribution is 7.97. The smallest absolute Gasteiger partial charge is 0.488 e. The molecular weight excluding hydrogens is 649 g/mol. The summed E-state index contributed by atoms with van der Waals surface area (Å²) in [5.74, 6) is 0.940. The molecule has 3 heterocycles. The number of ether oxygens (including phenoxy) is 1. The van der Waals surface area contributed by atoms with Gasteiger partial charge in [-0.2, -0.15) is 0 Å². The second-order valence-corrected chi connectivity index (χ2v) is 15.7. The summed E-state index contributed by atoms with van der Waals surface area (Å²) in [5.41, 5.74) is 5.81. The Kier molecular flexibility index (Phi) is 8.83. The number of para-hydroxylation sites is 1. The van der Waals surface area contributed by atoms with Crippen LogP contribution in [0.2, 0.25) is 0 Å². The minimum absolute atomic E-state index is 0.0716. The number of imidazole rings is 1. The Morgan fingerprint density at radius 1 is 0.765 bits per heavy atom. The minimum Gasteiger partial charge on any atom is -0.488 e. The number of fused-ring (bicyclic) bond motifs is 2. The number of benzene rings is 5. The summed E-state index contributed by atoms with van der Waals surface area (Å²) in [6, 6.07) is 45.1. The van der Waals surface area contributed by atoms with Crippen molar-refractivity contribution in [2.75, 3.05) is 6.54 Å². The van der Waals surface area contributed by atoms with E-state index in [0.29, 0.717) is 6.54 Å². The summed E-state index contributed by atoms with van der Waals surface area (Å²) < 4.78 is 24.7. The summed E-state index contributed by atoms with van der Waals surface area (Å²) in [4.78, 5) is 6.39. The number of rotatable bonds is 8. The maximum Gasteiger partial charge on any atom is 0.494 e. The summed E-state index contributed by atoms with van der Waals surface area (Å²) in [7, 11) is -0.537. The molecule has 8 rings (SSSR count). The molecule has 2 aliphatic rings. The first-order valence-electron chi connectivity index (χ1n) is 17.9. The molecule has 0 unspecified atom stereocenters. The van der Waals surface area contributed by atoms with Crippen LogP contribution in [0.5, 0.6) is 5.75 Å². The zero-order valence-electron chi connectivity index (χ0n) is 30.0. The third kappa shape index (κ3) is 5.98. The van der Waals surface area contributed by atoms with E-state index in [2.05, 4.69) is 165 Å². The van der Waals surface area contributed by atoms with Crippen LogP contribution in [0.3, 0.4) is 0 Å². The van der Waals surface area contributed by atoms with Crippen molar-refractivity contribution in [1.82, 2.24) is 13.9 Å². The summed E-state index contributed by atoms with van der Waals surface area (Å²) >= 11 is 1.75. The highest BCUT2D eigenvalue weighted by Gasteiger charge is 2.52. The molecule has 0 N–H and O–H groups in total. The van der Waals surface area contributed by atoms with Gasteiger partial charge in [-0.1, -0.05) is 116 Å². The van der Waals surface area contributed by atoms with Crippen LogP contribution in [0.1, 0.15) is 63.3 Å². The number of aromatic nitrogens is 2. The Morgan fingerprint density at radius 3 is 1.88 bits per heavy atom. The van der Waals surface area contributed by atoms with Crippen molar-refractivity contribution in [1.29, 1.82) is 0 Å². The Bertz CT molecular complexity index is 2030. The fraction of sp³-hybridized carbons (Fsp3) is 0.279. The molecule has 1 fully saturated rings. The van der Waals surface area contributed by atoms with Crippen LogP contribution < -0.4 is 10.2 Å². The van der Waals surface area contributed by atoms with Gasteiger partial charge in [-0.3, -0.25) is 0 Å². The molecule has 5 aromatic carbocycles. The van der Waals surface area contributed by atoms with Crippen molar-refractivity contribution in [3.8, 4) is 5.75 Å². The number of hydrogen-bond acceptors (Lipinski definition) is 6. The third-order valence-corrected chi connectivity index (χ3v) is 11.9. The van der Waals surface area contributed by atoms with Crippen molar-refractivity contribution in [2.24, 2.45) is 0 Å². The van der Waals surface area contributed by atoms with Crippen molar-refractivity contribution in [3.63, 3.8) is 0 Å². The molecule has 6 nitrogen and oxygen atoms in total. The quantitative estimate of drug-likeness (QED) is 0.0903. The van der Waals surface area contributed by atoms with E-state index in [1.807, 2.05) is 12.4 Å². The largest absolute Gasteiger partial charge is 0.494 e. The third-order valence-electron chi connectivity index (χ3n) is 10.8. The van der Waals surface area contributed by atoms with Gasteiger partial charge in [-0.25, -0.2) is 9.29 Å². The lowest BCUT2D eigenvalue weighted by molar-refractivity contribution is 0.00578. The van der Waals surface area contributed by atoms with Gasteiger partial charge in [0, 0.05) is 13.1 Å². The Labute approximate surface area is 306 Å². The maximum atomic E-state index is 6.71. The molecule has 1 aromatic heterocycles. The SMILES string of the molecule is CC[C@@H]1CN(Cc2cc(B3OC(C)(C)C(C)(C)O3)cc3c2ncn3C(c2ccccc2)(c2ccccc2)c2ccccc2)Sc2ccccc2O1. The van der Waals surface area contributed by atoms with Crippen molar-refractivity contribution in [3.05, 3.63) is 156 Å². The first kappa shape index (κ1) is 33.8.